The molecule has 0 aliphatic rings. The Hall–Kier alpha value is -2.34. The Labute approximate surface area is 149 Å². The summed E-state index contributed by atoms with van der Waals surface area (Å²) in [6.07, 6.45) is 0. The van der Waals surface area contributed by atoms with Crippen molar-refractivity contribution in [2.45, 2.75) is 31.6 Å². The van der Waals surface area contributed by atoms with Crippen LogP contribution < -0.4 is 4.72 Å². The van der Waals surface area contributed by atoms with Gasteiger partial charge in [0.15, 0.2) is 0 Å². The summed E-state index contributed by atoms with van der Waals surface area (Å²) < 4.78 is 27.9. The van der Waals surface area contributed by atoms with Crippen molar-refractivity contribution in [1.82, 2.24) is 4.90 Å². The molecule has 2 aromatic carbocycles. The molecule has 1 N–H and O–H groups in total. The quantitative estimate of drug-likeness (QED) is 0.885. The van der Waals surface area contributed by atoms with Gasteiger partial charge in [0, 0.05) is 19.7 Å². The zero-order chi connectivity index (χ0) is 18.8. The molecule has 0 bridgehead atoms. The number of amides is 1. The third-order valence-electron chi connectivity index (χ3n) is 3.99. The fraction of sp³-hybridized carbons (Fsp3) is 0.316. The fourth-order valence-corrected chi connectivity index (χ4v) is 3.48. The highest BCUT2D eigenvalue weighted by Crippen LogP contribution is 2.23. The zero-order valence-corrected chi connectivity index (χ0v) is 16.0. The number of anilines is 1. The first-order valence-electron chi connectivity index (χ1n) is 8.07. The molecule has 0 aromatic heterocycles. The van der Waals surface area contributed by atoms with E-state index in [1.807, 2.05) is 12.1 Å². The highest BCUT2D eigenvalue weighted by atomic mass is 32.2. The molecule has 0 saturated carbocycles. The van der Waals surface area contributed by atoms with Gasteiger partial charge in [-0.15, -0.1) is 0 Å². The van der Waals surface area contributed by atoms with Crippen LogP contribution in [0.25, 0.3) is 0 Å². The molecule has 25 heavy (non-hydrogen) atoms. The van der Waals surface area contributed by atoms with Gasteiger partial charge in [0.25, 0.3) is 15.9 Å². The summed E-state index contributed by atoms with van der Waals surface area (Å²) in [5.74, 6) is 0.155. The topological polar surface area (TPSA) is 66.5 Å². The van der Waals surface area contributed by atoms with Crippen LogP contribution >= 0.6 is 0 Å². The maximum Gasteiger partial charge on any atom is 0.261 e. The molecule has 2 rings (SSSR count). The smallest absolute Gasteiger partial charge is 0.261 e. The standard InChI is InChI=1S/C19H24N2O3S/c1-13(2)15-8-10-17(11-9-15)25(23,24)20-18-12-16(7-6-14(18)3)19(22)21(4)5/h6-13,20H,1-5H3. The monoisotopic (exact) mass is 360 g/mol. The Morgan fingerprint density at radius 2 is 1.64 bits per heavy atom. The van der Waals surface area contributed by atoms with Crippen LogP contribution in [0.5, 0.6) is 0 Å². The largest absolute Gasteiger partial charge is 0.345 e. The summed E-state index contributed by atoms with van der Waals surface area (Å²) in [5, 5.41) is 0. The second-order valence-corrected chi connectivity index (χ2v) is 8.24. The van der Waals surface area contributed by atoms with Crippen LogP contribution in [0.3, 0.4) is 0 Å². The number of carbonyl (C=O) groups excluding carboxylic acids is 1. The average Bonchev–Trinajstić information content (AvgIpc) is 2.56. The van der Waals surface area contributed by atoms with E-state index in [4.69, 9.17) is 0 Å². The van der Waals surface area contributed by atoms with E-state index in [1.54, 1.807) is 51.4 Å². The number of rotatable bonds is 5. The second-order valence-electron chi connectivity index (χ2n) is 6.56. The van der Waals surface area contributed by atoms with Crippen LogP contribution in [0.1, 0.15) is 41.3 Å². The predicted molar refractivity (Wildman–Crippen MR) is 101 cm³/mol. The first-order chi connectivity index (χ1) is 11.6. The third kappa shape index (κ3) is 4.39. The van der Waals surface area contributed by atoms with Crippen LogP contribution in [0.2, 0.25) is 0 Å². The van der Waals surface area contributed by atoms with Gasteiger partial charge in [-0.1, -0.05) is 32.0 Å². The Morgan fingerprint density at radius 1 is 1.04 bits per heavy atom. The average molecular weight is 360 g/mol. The Morgan fingerprint density at radius 3 is 2.16 bits per heavy atom. The van der Waals surface area contributed by atoms with Crippen molar-refractivity contribution in [2.75, 3.05) is 18.8 Å². The maximum absolute atomic E-state index is 12.6. The highest BCUT2D eigenvalue weighted by Gasteiger charge is 2.17. The minimum atomic E-state index is -3.72. The number of nitrogens with one attached hydrogen (secondary N) is 1. The molecule has 2 aromatic rings. The fourth-order valence-electron chi connectivity index (χ4n) is 2.36. The van der Waals surface area contributed by atoms with Gasteiger partial charge >= 0.3 is 0 Å². The van der Waals surface area contributed by atoms with Gasteiger partial charge in [-0.3, -0.25) is 9.52 Å². The van der Waals surface area contributed by atoms with Gasteiger partial charge in [-0.05, 0) is 48.2 Å². The van der Waals surface area contributed by atoms with Gasteiger partial charge in [0.1, 0.15) is 0 Å². The third-order valence-corrected chi connectivity index (χ3v) is 5.37. The Balaban J connectivity index is 2.34. The lowest BCUT2D eigenvalue weighted by Crippen LogP contribution is -2.22. The molecule has 134 valence electrons. The van der Waals surface area contributed by atoms with Crippen LogP contribution in [-0.4, -0.2) is 33.3 Å². The number of nitrogens with zero attached hydrogens (tertiary/aromatic N) is 1. The summed E-state index contributed by atoms with van der Waals surface area (Å²) in [6.45, 7) is 5.90. The van der Waals surface area contributed by atoms with Gasteiger partial charge in [0.2, 0.25) is 0 Å². The van der Waals surface area contributed by atoms with E-state index >= 15 is 0 Å². The van der Waals surface area contributed by atoms with Crippen molar-refractivity contribution < 1.29 is 13.2 Å². The molecular formula is C19H24N2O3S. The van der Waals surface area contributed by atoms with E-state index < -0.39 is 10.0 Å². The zero-order valence-electron chi connectivity index (χ0n) is 15.2. The van der Waals surface area contributed by atoms with Crippen molar-refractivity contribution >= 4 is 21.6 Å². The molecule has 0 unspecified atom stereocenters. The van der Waals surface area contributed by atoms with Crippen molar-refractivity contribution in [1.29, 1.82) is 0 Å². The van der Waals surface area contributed by atoms with Crippen molar-refractivity contribution in [3.05, 3.63) is 59.2 Å². The van der Waals surface area contributed by atoms with E-state index in [0.717, 1.165) is 11.1 Å². The molecule has 0 aliphatic heterocycles. The molecule has 6 heteroatoms. The minimum absolute atomic E-state index is 0.179. The van der Waals surface area contributed by atoms with Gasteiger partial charge in [-0.25, -0.2) is 8.42 Å². The number of benzene rings is 2. The summed E-state index contributed by atoms with van der Waals surface area (Å²) in [5.41, 5.74) is 2.66. The van der Waals surface area contributed by atoms with Crippen LogP contribution in [0.4, 0.5) is 5.69 Å². The molecule has 0 atom stereocenters. The molecule has 0 fully saturated rings. The molecule has 0 spiro atoms. The normalized spacial score (nSPS) is 11.4. The van der Waals surface area contributed by atoms with Gasteiger partial charge in [0.05, 0.1) is 10.6 Å². The molecule has 0 radical (unpaired) electrons. The predicted octanol–water partition coefficient (Wildman–Crippen LogP) is 3.62. The van der Waals surface area contributed by atoms with Crippen molar-refractivity contribution in [2.24, 2.45) is 0 Å². The number of hydrogen-bond acceptors (Lipinski definition) is 3. The minimum Gasteiger partial charge on any atom is -0.345 e. The second kappa shape index (κ2) is 7.27. The summed E-state index contributed by atoms with van der Waals surface area (Å²) in [7, 11) is -0.406. The van der Waals surface area contributed by atoms with Crippen LogP contribution in [0, 0.1) is 6.92 Å². The molecule has 0 aliphatic carbocycles. The lowest BCUT2D eigenvalue weighted by atomic mass is 10.0. The summed E-state index contributed by atoms with van der Waals surface area (Å²) in [4.78, 5) is 13.7. The Kier molecular flexibility index (Phi) is 5.52. The SMILES string of the molecule is Cc1ccc(C(=O)N(C)C)cc1NS(=O)(=O)c1ccc(C(C)C)cc1. The molecule has 0 saturated heterocycles. The van der Waals surface area contributed by atoms with Crippen molar-refractivity contribution in [3.63, 3.8) is 0 Å². The van der Waals surface area contributed by atoms with E-state index in [9.17, 15) is 13.2 Å². The van der Waals surface area contributed by atoms with E-state index in [1.165, 1.54) is 4.90 Å². The first-order valence-corrected chi connectivity index (χ1v) is 9.55. The van der Waals surface area contributed by atoms with E-state index in [-0.39, 0.29) is 10.8 Å². The molecule has 5 nitrogen and oxygen atoms in total. The van der Waals surface area contributed by atoms with Gasteiger partial charge in [-0.2, -0.15) is 0 Å². The number of aryl methyl sites for hydroxylation is 1. The van der Waals surface area contributed by atoms with Crippen molar-refractivity contribution in [3.8, 4) is 0 Å². The number of sulfonamides is 1. The molecule has 1 amide bonds. The molecule has 0 heterocycles. The molecular weight excluding hydrogens is 336 g/mol. The lowest BCUT2D eigenvalue weighted by molar-refractivity contribution is 0.0827. The van der Waals surface area contributed by atoms with E-state index in [0.29, 0.717) is 17.2 Å². The Bertz CT molecular complexity index is 870. The number of carbonyl (C=O) groups is 1. The first kappa shape index (κ1) is 19.0. The summed E-state index contributed by atoms with van der Waals surface area (Å²) >= 11 is 0. The lowest BCUT2D eigenvalue weighted by Gasteiger charge is -2.15. The van der Waals surface area contributed by atoms with Crippen LogP contribution in [0.15, 0.2) is 47.4 Å². The highest BCUT2D eigenvalue weighted by molar-refractivity contribution is 7.92. The van der Waals surface area contributed by atoms with E-state index in [2.05, 4.69) is 18.6 Å². The summed E-state index contributed by atoms with van der Waals surface area (Å²) in [6, 6.07) is 11.8. The number of hydrogen-bond donors (Lipinski definition) is 1. The van der Waals surface area contributed by atoms with Crippen LogP contribution in [-0.2, 0) is 10.0 Å². The van der Waals surface area contributed by atoms with Gasteiger partial charge < -0.3 is 4.90 Å². The maximum atomic E-state index is 12.6.